The molecule has 0 aliphatic heterocycles. The van der Waals surface area contributed by atoms with Gasteiger partial charge in [-0.25, -0.2) is 0 Å². The van der Waals surface area contributed by atoms with Gasteiger partial charge in [0.15, 0.2) is 0 Å². The van der Waals surface area contributed by atoms with Crippen LogP contribution in [0.15, 0.2) is 0 Å². The van der Waals surface area contributed by atoms with Crippen LogP contribution in [0.5, 0.6) is 0 Å². The summed E-state index contributed by atoms with van der Waals surface area (Å²) in [4.78, 5) is 2.93. The first-order chi connectivity index (χ1) is 17.8. The molecule has 1 nitrogen and oxygen atoms in total. The fourth-order valence-electron chi connectivity index (χ4n) is 6.48. The van der Waals surface area contributed by atoms with Crippen molar-refractivity contribution in [2.75, 3.05) is 6.54 Å². The van der Waals surface area contributed by atoms with Gasteiger partial charge in [-0.2, -0.15) is 0 Å². The Morgan fingerprint density at radius 2 is 0.568 bits per heavy atom. The summed E-state index contributed by atoms with van der Waals surface area (Å²) in [6.45, 7) is 18.4. The Labute approximate surface area is 237 Å². The van der Waals surface area contributed by atoms with Crippen LogP contribution in [0.25, 0.3) is 0 Å². The number of nitrogens with zero attached hydrogens (tertiary/aromatic N) is 1. The van der Waals surface area contributed by atoms with Gasteiger partial charge in [0.1, 0.15) is 0 Å². The van der Waals surface area contributed by atoms with Gasteiger partial charge < -0.3 is 0 Å². The zero-order valence-corrected chi connectivity index (χ0v) is 27.5. The molecule has 0 aliphatic carbocycles. The van der Waals surface area contributed by atoms with Crippen molar-refractivity contribution in [3.63, 3.8) is 0 Å². The average Bonchev–Trinajstić information content (AvgIpc) is 2.86. The number of hydrogen-bond donors (Lipinski definition) is 0. The Hall–Kier alpha value is -0.0400. The highest BCUT2D eigenvalue weighted by Crippen LogP contribution is 2.34. The van der Waals surface area contributed by atoms with Crippen molar-refractivity contribution >= 4 is 0 Å². The van der Waals surface area contributed by atoms with E-state index in [4.69, 9.17) is 0 Å². The van der Waals surface area contributed by atoms with E-state index < -0.39 is 0 Å². The Morgan fingerprint density at radius 1 is 0.324 bits per heavy atom. The minimum Gasteiger partial charge on any atom is -0.293 e. The SMILES string of the molecule is CCCCCCCCCCCCCCCCCCN(C(C)(C)CCCCCC)C(C)(C)CCCCCC. The molecule has 0 aliphatic rings. The van der Waals surface area contributed by atoms with Crippen LogP contribution < -0.4 is 0 Å². The quantitative estimate of drug-likeness (QED) is 0.0884. The number of unbranched alkanes of at least 4 members (excludes halogenated alkanes) is 21. The van der Waals surface area contributed by atoms with Gasteiger partial charge in [0.25, 0.3) is 0 Å². The molecule has 0 aromatic rings. The van der Waals surface area contributed by atoms with Crippen molar-refractivity contribution in [2.24, 2.45) is 0 Å². The molecular formula is C36H75N. The lowest BCUT2D eigenvalue weighted by Gasteiger charge is -2.49. The second-order valence-corrected chi connectivity index (χ2v) is 13.7. The van der Waals surface area contributed by atoms with Gasteiger partial charge in [0, 0.05) is 11.1 Å². The molecule has 0 amide bonds. The Bertz CT molecular complexity index is 428. The van der Waals surface area contributed by atoms with Crippen LogP contribution in [0, 0.1) is 0 Å². The van der Waals surface area contributed by atoms with E-state index in [1.807, 2.05) is 0 Å². The molecule has 1 heteroatoms. The van der Waals surface area contributed by atoms with Gasteiger partial charge in [-0.3, -0.25) is 4.90 Å². The Morgan fingerprint density at radius 3 is 0.865 bits per heavy atom. The maximum Gasteiger partial charge on any atom is 0.0158 e. The van der Waals surface area contributed by atoms with Crippen LogP contribution in [0.4, 0.5) is 0 Å². The van der Waals surface area contributed by atoms with Crippen molar-refractivity contribution in [2.45, 2.75) is 226 Å². The van der Waals surface area contributed by atoms with Gasteiger partial charge in [-0.1, -0.05) is 168 Å². The molecule has 0 unspecified atom stereocenters. The normalized spacial score (nSPS) is 12.6. The molecule has 0 aromatic carbocycles. The van der Waals surface area contributed by atoms with E-state index in [0.717, 1.165) is 0 Å². The predicted molar refractivity (Wildman–Crippen MR) is 172 cm³/mol. The monoisotopic (exact) mass is 522 g/mol. The lowest BCUT2D eigenvalue weighted by Crippen LogP contribution is -2.55. The highest BCUT2D eigenvalue weighted by molar-refractivity contribution is 4.92. The average molecular weight is 522 g/mol. The first-order valence-corrected chi connectivity index (χ1v) is 17.6. The molecular weight excluding hydrogens is 446 g/mol. The maximum absolute atomic E-state index is 2.93. The summed E-state index contributed by atoms with van der Waals surface area (Å²) in [5.41, 5.74) is 0.634. The highest BCUT2D eigenvalue weighted by atomic mass is 15.2. The molecule has 0 aromatic heterocycles. The second kappa shape index (κ2) is 25.0. The van der Waals surface area contributed by atoms with Crippen LogP contribution >= 0.6 is 0 Å². The van der Waals surface area contributed by atoms with E-state index in [9.17, 15) is 0 Å². The van der Waals surface area contributed by atoms with Crippen molar-refractivity contribution < 1.29 is 0 Å². The highest BCUT2D eigenvalue weighted by Gasteiger charge is 2.36. The molecule has 0 rings (SSSR count). The molecule has 0 bridgehead atoms. The molecule has 0 heterocycles. The third-order valence-electron chi connectivity index (χ3n) is 8.98. The summed E-state index contributed by atoms with van der Waals surface area (Å²) in [5, 5.41) is 0. The lowest BCUT2D eigenvalue weighted by molar-refractivity contribution is 0.00154. The van der Waals surface area contributed by atoms with Crippen molar-refractivity contribution in [3.8, 4) is 0 Å². The summed E-state index contributed by atoms with van der Waals surface area (Å²) in [6.07, 6.45) is 37.0. The van der Waals surface area contributed by atoms with Gasteiger partial charge in [-0.15, -0.1) is 0 Å². The van der Waals surface area contributed by atoms with Crippen LogP contribution in [0.1, 0.15) is 215 Å². The fraction of sp³-hybridized carbons (Fsp3) is 1.00. The summed E-state index contributed by atoms with van der Waals surface area (Å²) in [7, 11) is 0. The number of rotatable bonds is 29. The molecule has 0 saturated heterocycles. The number of hydrogen-bond acceptors (Lipinski definition) is 1. The first-order valence-electron chi connectivity index (χ1n) is 17.6. The largest absolute Gasteiger partial charge is 0.293 e. The van der Waals surface area contributed by atoms with Gasteiger partial charge >= 0.3 is 0 Å². The van der Waals surface area contributed by atoms with E-state index in [1.54, 1.807) is 0 Å². The van der Waals surface area contributed by atoms with Crippen LogP contribution in [0.3, 0.4) is 0 Å². The van der Waals surface area contributed by atoms with Crippen LogP contribution in [-0.2, 0) is 0 Å². The van der Waals surface area contributed by atoms with Gasteiger partial charge in [-0.05, 0) is 53.5 Å². The molecule has 37 heavy (non-hydrogen) atoms. The second-order valence-electron chi connectivity index (χ2n) is 13.7. The summed E-state index contributed by atoms with van der Waals surface area (Å²) < 4.78 is 0. The Kier molecular flexibility index (Phi) is 24.9. The fourth-order valence-corrected chi connectivity index (χ4v) is 6.48. The van der Waals surface area contributed by atoms with E-state index in [0.29, 0.717) is 11.1 Å². The van der Waals surface area contributed by atoms with Gasteiger partial charge in [0.2, 0.25) is 0 Å². The summed E-state index contributed by atoms with van der Waals surface area (Å²) in [6, 6.07) is 0. The molecule has 0 atom stereocenters. The lowest BCUT2D eigenvalue weighted by atomic mass is 9.85. The molecule has 0 spiro atoms. The van der Waals surface area contributed by atoms with E-state index in [1.165, 1.54) is 173 Å². The molecule has 0 saturated carbocycles. The zero-order valence-electron chi connectivity index (χ0n) is 27.5. The minimum atomic E-state index is 0.317. The molecule has 0 radical (unpaired) electrons. The topological polar surface area (TPSA) is 3.24 Å². The summed E-state index contributed by atoms with van der Waals surface area (Å²) in [5.74, 6) is 0. The standard InChI is InChI=1S/C36H75N/c1-8-11-14-17-18-19-20-21-22-23-24-25-26-27-28-31-34-37(35(4,5)32-29-15-12-9-2)36(6,7)33-30-16-13-10-3/h8-34H2,1-7H3. The van der Waals surface area contributed by atoms with E-state index in [-0.39, 0.29) is 0 Å². The van der Waals surface area contributed by atoms with Crippen molar-refractivity contribution in [3.05, 3.63) is 0 Å². The van der Waals surface area contributed by atoms with Crippen molar-refractivity contribution in [1.82, 2.24) is 4.90 Å². The van der Waals surface area contributed by atoms with Gasteiger partial charge in [0.05, 0.1) is 0 Å². The van der Waals surface area contributed by atoms with E-state index in [2.05, 4.69) is 53.4 Å². The third kappa shape index (κ3) is 21.5. The third-order valence-corrected chi connectivity index (χ3v) is 8.98. The zero-order chi connectivity index (χ0) is 27.7. The minimum absolute atomic E-state index is 0.317. The van der Waals surface area contributed by atoms with Crippen molar-refractivity contribution in [1.29, 1.82) is 0 Å². The predicted octanol–water partition coefficient (Wildman–Crippen LogP) is 13.0. The maximum atomic E-state index is 2.93. The first kappa shape index (κ1) is 37.0. The molecule has 0 N–H and O–H groups in total. The molecule has 0 fully saturated rings. The smallest absolute Gasteiger partial charge is 0.0158 e. The summed E-state index contributed by atoms with van der Waals surface area (Å²) >= 11 is 0. The van der Waals surface area contributed by atoms with E-state index >= 15 is 0 Å². The van der Waals surface area contributed by atoms with Crippen LogP contribution in [-0.4, -0.2) is 22.5 Å². The Balaban J connectivity index is 4.17. The van der Waals surface area contributed by atoms with Crippen LogP contribution in [0.2, 0.25) is 0 Å². The molecule has 224 valence electrons.